The first-order chi connectivity index (χ1) is 8.77. The largest absolute Gasteiger partial charge is 0.388 e. The van der Waals surface area contributed by atoms with E-state index < -0.39 is 0 Å². The average molecular weight is 326 g/mol. The first kappa shape index (κ1) is 12.6. The van der Waals surface area contributed by atoms with Crippen LogP contribution in [0.5, 0.6) is 0 Å². The van der Waals surface area contributed by atoms with Crippen molar-refractivity contribution >= 4 is 37.4 Å². The lowest BCUT2D eigenvalue weighted by molar-refractivity contribution is 0.0937. The number of aliphatic hydroxyl groups is 1. The van der Waals surface area contributed by atoms with E-state index in [0.29, 0.717) is 5.92 Å². The Hall–Kier alpha value is -0.420. The Balaban J connectivity index is 1.96. The topological polar surface area (TPSA) is 32.3 Å². The van der Waals surface area contributed by atoms with Crippen molar-refractivity contribution in [2.24, 2.45) is 5.92 Å². The molecule has 4 heteroatoms. The summed E-state index contributed by atoms with van der Waals surface area (Å²) in [5.74, 6) is 0.343. The molecule has 3 rings (SSSR count). The SMILES string of the molecule is OC(c1csc2c(Br)cccc12)C1CCCNC1. The zero-order valence-electron chi connectivity index (χ0n) is 10.0. The van der Waals surface area contributed by atoms with Gasteiger partial charge >= 0.3 is 0 Å². The fraction of sp³-hybridized carbons (Fsp3) is 0.429. The van der Waals surface area contributed by atoms with Gasteiger partial charge in [-0.1, -0.05) is 12.1 Å². The van der Waals surface area contributed by atoms with E-state index in [0.717, 1.165) is 36.0 Å². The minimum atomic E-state index is -0.346. The number of fused-ring (bicyclic) bond motifs is 1. The van der Waals surface area contributed by atoms with Crippen LogP contribution in [0.3, 0.4) is 0 Å². The minimum absolute atomic E-state index is 0.343. The van der Waals surface area contributed by atoms with E-state index in [-0.39, 0.29) is 6.10 Å². The third kappa shape index (κ3) is 2.23. The third-order valence-electron chi connectivity index (χ3n) is 3.68. The highest BCUT2D eigenvalue weighted by Crippen LogP contribution is 2.38. The van der Waals surface area contributed by atoms with E-state index in [1.165, 1.54) is 10.1 Å². The Bertz CT molecular complexity index is 548. The number of hydrogen-bond acceptors (Lipinski definition) is 3. The van der Waals surface area contributed by atoms with E-state index in [9.17, 15) is 5.11 Å². The first-order valence-corrected chi connectivity index (χ1v) is 7.99. The van der Waals surface area contributed by atoms with Crippen molar-refractivity contribution in [2.45, 2.75) is 18.9 Å². The molecule has 2 nitrogen and oxygen atoms in total. The molecule has 1 aromatic heterocycles. The second kappa shape index (κ2) is 5.29. The Kier molecular flexibility index (Phi) is 3.71. The number of hydrogen-bond donors (Lipinski definition) is 2. The molecule has 0 amide bonds. The monoisotopic (exact) mass is 325 g/mol. The van der Waals surface area contributed by atoms with Gasteiger partial charge in [0.05, 0.1) is 6.10 Å². The zero-order valence-corrected chi connectivity index (χ0v) is 12.4. The van der Waals surface area contributed by atoms with Crippen molar-refractivity contribution in [3.8, 4) is 0 Å². The summed E-state index contributed by atoms with van der Waals surface area (Å²) < 4.78 is 2.35. The van der Waals surface area contributed by atoms with Gasteiger partial charge in [0.25, 0.3) is 0 Å². The molecule has 18 heavy (non-hydrogen) atoms. The normalized spacial score (nSPS) is 22.2. The summed E-state index contributed by atoms with van der Waals surface area (Å²) in [4.78, 5) is 0. The summed E-state index contributed by atoms with van der Waals surface area (Å²) in [5.41, 5.74) is 1.09. The predicted octanol–water partition coefficient (Wildman–Crippen LogP) is 3.70. The molecule has 1 fully saturated rings. The molecule has 0 radical (unpaired) electrons. The van der Waals surface area contributed by atoms with Gasteiger partial charge in [0.15, 0.2) is 0 Å². The van der Waals surface area contributed by atoms with Crippen molar-refractivity contribution in [3.63, 3.8) is 0 Å². The van der Waals surface area contributed by atoms with Crippen LogP contribution >= 0.6 is 27.3 Å². The predicted molar refractivity (Wildman–Crippen MR) is 80.1 cm³/mol. The van der Waals surface area contributed by atoms with Gasteiger partial charge < -0.3 is 10.4 Å². The molecule has 0 saturated carbocycles. The van der Waals surface area contributed by atoms with Crippen molar-refractivity contribution in [1.82, 2.24) is 5.32 Å². The second-order valence-electron chi connectivity index (χ2n) is 4.86. The molecule has 2 atom stereocenters. The number of rotatable bonds is 2. The molecule has 2 unspecified atom stereocenters. The second-order valence-corrected chi connectivity index (χ2v) is 6.59. The summed E-state index contributed by atoms with van der Waals surface area (Å²) in [6.07, 6.45) is 1.92. The Labute approximate surface area is 119 Å². The maximum atomic E-state index is 10.6. The number of piperidine rings is 1. The van der Waals surface area contributed by atoms with E-state index in [1.807, 2.05) is 6.07 Å². The summed E-state index contributed by atoms with van der Waals surface area (Å²) in [6.45, 7) is 2.01. The fourth-order valence-corrected chi connectivity index (χ4v) is 4.32. The molecule has 2 heterocycles. The van der Waals surface area contributed by atoms with Gasteiger partial charge in [0.1, 0.15) is 0 Å². The maximum Gasteiger partial charge on any atom is 0.0844 e. The van der Waals surface area contributed by atoms with Crippen LogP contribution < -0.4 is 5.32 Å². The summed E-state index contributed by atoms with van der Waals surface area (Å²) in [5, 5.41) is 17.2. The molecule has 0 spiro atoms. The van der Waals surface area contributed by atoms with Gasteiger partial charge in [0, 0.05) is 21.6 Å². The van der Waals surface area contributed by atoms with E-state index >= 15 is 0 Å². The molecular formula is C14H16BrNOS. The molecule has 1 aromatic carbocycles. The van der Waals surface area contributed by atoms with Crippen LogP contribution in [0.1, 0.15) is 24.5 Å². The van der Waals surface area contributed by atoms with Gasteiger partial charge in [-0.2, -0.15) is 0 Å². The summed E-state index contributed by atoms with van der Waals surface area (Å²) >= 11 is 5.28. The van der Waals surface area contributed by atoms with Gasteiger partial charge in [-0.15, -0.1) is 11.3 Å². The molecule has 0 bridgehead atoms. The van der Waals surface area contributed by atoms with Crippen LogP contribution in [0.25, 0.3) is 10.1 Å². The van der Waals surface area contributed by atoms with Crippen LogP contribution in [-0.2, 0) is 0 Å². The fourth-order valence-electron chi connectivity index (χ4n) is 2.67. The lowest BCUT2D eigenvalue weighted by atomic mass is 9.89. The number of benzene rings is 1. The quantitative estimate of drug-likeness (QED) is 0.882. The third-order valence-corrected chi connectivity index (χ3v) is 5.65. The smallest absolute Gasteiger partial charge is 0.0844 e. The van der Waals surface area contributed by atoms with Crippen molar-refractivity contribution in [3.05, 3.63) is 33.6 Å². The highest BCUT2D eigenvalue weighted by atomic mass is 79.9. The first-order valence-electron chi connectivity index (χ1n) is 6.32. The van der Waals surface area contributed by atoms with Gasteiger partial charge in [-0.3, -0.25) is 0 Å². The zero-order chi connectivity index (χ0) is 12.5. The van der Waals surface area contributed by atoms with Crippen LogP contribution in [0.2, 0.25) is 0 Å². The van der Waals surface area contributed by atoms with Gasteiger partial charge in [0.2, 0.25) is 0 Å². The molecule has 1 aliphatic heterocycles. The lowest BCUT2D eigenvalue weighted by Gasteiger charge is -2.27. The highest BCUT2D eigenvalue weighted by Gasteiger charge is 2.25. The van der Waals surface area contributed by atoms with Gasteiger partial charge in [-0.05, 0) is 57.7 Å². The summed E-state index contributed by atoms with van der Waals surface area (Å²) in [6, 6.07) is 6.19. The molecule has 2 aromatic rings. The molecule has 1 aliphatic rings. The summed E-state index contributed by atoms with van der Waals surface area (Å²) in [7, 11) is 0. The van der Waals surface area contributed by atoms with Gasteiger partial charge in [-0.25, -0.2) is 0 Å². The van der Waals surface area contributed by atoms with Crippen molar-refractivity contribution in [2.75, 3.05) is 13.1 Å². The Morgan fingerprint density at radius 2 is 2.33 bits per heavy atom. The number of thiophene rings is 1. The Morgan fingerprint density at radius 1 is 1.44 bits per heavy atom. The molecular weight excluding hydrogens is 310 g/mol. The van der Waals surface area contributed by atoms with Crippen LogP contribution in [0.4, 0.5) is 0 Å². The standard InChI is InChI=1S/C14H16BrNOS/c15-12-5-1-4-10-11(8-18-14(10)12)13(17)9-3-2-6-16-7-9/h1,4-5,8-9,13,16-17H,2-3,6-7H2. The lowest BCUT2D eigenvalue weighted by Crippen LogP contribution is -2.33. The van der Waals surface area contributed by atoms with E-state index in [1.54, 1.807) is 11.3 Å². The Morgan fingerprint density at radius 3 is 3.11 bits per heavy atom. The van der Waals surface area contributed by atoms with E-state index in [4.69, 9.17) is 0 Å². The van der Waals surface area contributed by atoms with Crippen LogP contribution in [0, 0.1) is 5.92 Å². The molecule has 2 N–H and O–H groups in total. The van der Waals surface area contributed by atoms with Crippen molar-refractivity contribution in [1.29, 1.82) is 0 Å². The van der Waals surface area contributed by atoms with Crippen LogP contribution in [-0.4, -0.2) is 18.2 Å². The molecule has 1 saturated heterocycles. The molecule has 96 valence electrons. The number of halogens is 1. The number of aliphatic hydroxyl groups excluding tert-OH is 1. The van der Waals surface area contributed by atoms with Crippen LogP contribution in [0.15, 0.2) is 28.1 Å². The van der Waals surface area contributed by atoms with Crippen molar-refractivity contribution < 1.29 is 5.11 Å². The number of nitrogens with one attached hydrogen (secondary N) is 1. The minimum Gasteiger partial charge on any atom is -0.388 e. The highest BCUT2D eigenvalue weighted by molar-refractivity contribution is 9.10. The average Bonchev–Trinajstić information content (AvgIpc) is 2.84. The van der Waals surface area contributed by atoms with E-state index in [2.05, 4.69) is 38.8 Å². The maximum absolute atomic E-state index is 10.6. The molecule has 0 aliphatic carbocycles.